The second kappa shape index (κ2) is 7.58. The summed E-state index contributed by atoms with van der Waals surface area (Å²) in [7, 11) is 7.36. The summed E-state index contributed by atoms with van der Waals surface area (Å²) in [6.45, 7) is 0. The molecular formula is C12H10Cl2OS. The van der Waals surface area contributed by atoms with Crippen molar-refractivity contribution in [2.75, 3.05) is 0 Å². The molecule has 0 aliphatic carbocycles. The molecule has 4 heteroatoms. The van der Waals surface area contributed by atoms with Gasteiger partial charge in [-0.05, 0) is 11.1 Å². The Morgan fingerprint density at radius 1 is 0.688 bits per heavy atom. The number of hydrogen-bond acceptors (Lipinski definition) is 1. The number of rotatable bonds is 1. The van der Waals surface area contributed by atoms with Crippen LogP contribution in [0.15, 0.2) is 60.7 Å². The largest absolute Gasteiger partial charge is 0.582 e. The summed E-state index contributed by atoms with van der Waals surface area (Å²) in [5.74, 6) is 0. The van der Waals surface area contributed by atoms with Crippen molar-refractivity contribution in [2.24, 2.45) is 0 Å². The van der Waals surface area contributed by atoms with Crippen molar-refractivity contribution < 1.29 is 4.55 Å². The highest BCUT2D eigenvalue weighted by atomic mass is 36.0. The fourth-order valence-electron chi connectivity index (χ4n) is 1.26. The number of benzene rings is 2. The Labute approximate surface area is 107 Å². The molecule has 16 heavy (non-hydrogen) atoms. The van der Waals surface area contributed by atoms with Crippen LogP contribution in [0.3, 0.4) is 0 Å². The van der Waals surface area contributed by atoms with Gasteiger partial charge in [0.2, 0.25) is 0 Å². The van der Waals surface area contributed by atoms with E-state index < -0.39 is 9.60 Å². The molecular weight excluding hydrogens is 263 g/mol. The van der Waals surface area contributed by atoms with Gasteiger partial charge in [-0.15, -0.1) is 0 Å². The van der Waals surface area contributed by atoms with Gasteiger partial charge in [-0.2, -0.15) is 0 Å². The predicted octanol–water partition coefficient (Wildman–Crippen LogP) is 4.40. The van der Waals surface area contributed by atoms with Gasteiger partial charge in [0, 0.05) is 0 Å². The Morgan fingerprint density at radius 2 is 0.938 bits per heavy atom. The van der Waals surface area contributed by atoms with Gasteiger partial charge in [0.1, 0.15) is 0 Å². The van der Waals surface area contributed by atoms with Gasteiger partial charge in [-0.25, -0.2) is 0 Å². The van der Waals surface area contributed by atoms with Crippen molar-refractivity contribution >= 4 is 31.0 Å². The summed E-state index contributed by atoms with van der Waals surface area (Å²) in [6, 6.07) is 20.8. The summed E-state index contributed by atoms with van der Waals surface area (Å²) in [4.78, 5) is 0. The molecule has 0 amide bonds. The second-order valence-electron chi connectivity index (χ2n) is 2.92. The molecule has 84 valence electrons. The van der Waals surface area contributed by atoms with Gasteiger partial charge < -0.3 is 4.55 Å². The smallest absolute Gasteiger partial charge is 0.198 e. The van der Waals surface area contributed by atoms with Crippen LogP contribution < -0.4 is 0 Å². The monoisotopic (exact) mass is 272 g/mol. The first kappa shape index (κ1) is 13.4. The lowest BCUT2D eigenvalue weighted by Crippen LogP contribution is -1.73. The summed E-state index contributed by atoms with van der Waals surface area (Å²) in [5.41, 5.74) is 2.55. The van der Waals surface area contributed by atoms with Gasteiger partial charge in [0.25, 0.3) is 0 Å². The van der Waals surface area contributed by atoms with E-state index in [-0.39, 0.29) is 0 Å². The van der Waals surface area contributed by atoms with E-state index in [0.717, 1.165) is 0 Å². The van der Waals surface area contributed by atoms with E-state index in [0.29, 0.717) is 0 Å². The summed E-state index contributed by atoms with van der Waals surface area (Å²) < 4.78 is 9.09. The fourth-order valence-corrected chi connectivity index (χ4v) is 1.26. The average Bonchev–Trinajstić information content (AvgIpc) is 2.31. The Kier molecular flexibility index (Phi) is 6.34. The van der Waals surface area contributed by atoms with Gasteiger partial charge >= 0.3 is 0 Å². The van der Waals surface area contributed by atoms with Crippen LogP contribution >= 0.6 is 21.4 Å². The molecule has 2 aromatic rings. The molecule has 0 aromatic heterocycles. The maximum absolute atomic E-state index is 9.09. The van der Waals surface area contributed by atoms with Crippen LogP contribution in [0.5, 0.6) is 0 Å². The Hall–Kier alpha value is -0.670. The van der Waals surface area contributed by atoms with Gasteiger partial charge in [0.15, 0.2) is 31.0 Å². The molecule has 2 aromatic carbocycles. The van der Waals surface area contributed by atoms with Crippen LogP contribution in [0.2, 0.25) is 0 Å². The van der Waals surface area contributed by atoms with Crippen LogP contribution in [0.25, 0.3) is 11.1 Å². The molecule has 0 aliphatic rings. The first-order valence-corrected chi connectivity index (χ1v) is 7.35. The van der Waals surface area contributed by atoms with E-state index in [1.54, 1.807) is 0 Å². The van der Waals surface area contributed by atoms with Crippen LogP contribution in [-0.4, -0.2) is 4.55 Å². The van der Waals surface area contributed by atoms with Crippen LogP contribution in [0.4, 0.5) is 0 Å². The summed E-state index contributed by atoms with van der Waals surface area (Å²) >= 11 is 0. The van der Waals surface area contributed by atoms with E-state index in [9.17, 15) is 0 Å². The maximum Gasteiger partial charge on any atom is 0.198 e. The summed E-state index contributed by atoms with van der Waals surface area (Å²) in [6.07, 6.45) is 0. The molecule has 0 radical (unpaired) electrons. The quantitative estimate of drug-likeness (QED) is 0.706. The minimum atomic E-state index is -1.67. The molecule has 2 rings (SSSR count). The van der Waals surface area contributed by atoms with Crippen molar-refractivity contribution in [3.63, 3.8) is 0 Å². The molecule has 0 N–H and O–H groups in total. The highest BCUT2D eigenvalue weighted by molar-refractivity contribution is 8.31. The van der Waals surface area contributed by atoms with Gasteiger partial charge in [-0.1, -0.05) is 60.7 Å². The SMILES string of the molecule is [O-][S+](Cl)Cl.c1ccc(-c2ccccc2)cc1. The van der Waals surface area contributed by atoms with Crippen LogP contribution in [0, 0.1) is 0 Å². The van der Waals surface area contributed by atoms with E-state index >= 15 is 0 Å². The molecule has 0 heterocycles. The minimum Gasteiger partial charge on any atom is -0.582 e. The molecule has 0 unspecified atom stereocenters. The molecule has 0 bridgehead atoms. The minimum absolute atomic E-state index is 1.28. The van der Waals surface area contributed by atoms with E-state index in [1.807, 2.05) is 12.1 Å². The first-order chi connectivity index (χ1) is 7.70. The highest BCUT2D eigenvalue weighted by Crippen LogP contribution is 2.17. The molecule has 1 nitrogen and oxygen atoms in total. The molecule has 0 fully saturated rings. The van der Waals surface area contributed by atoms with Crippen molar-refractivity contribution in [2.45, 2.75) is 0 Å². The van der Waals surface area contributed by atoms with Crippen LogP contribution in [-0.2, 0) is 9.60 Å². The lowest BCUT2D eigenvalue weighted by molar-refractivity contribution is 0.620. The van der Waals surface area contributed by atoms with E-state index in [1.165, 1.54) is 11.1 Å². The zero-order chi connectivity index (χ0) is 11.8. The molecule has 0 saturated carbocycles. The van der Waals surface area contributed by atoms with Crippen molar-refractivity contribution in [3.05, 3.63) is 60.7 Å². The molecule has 0 saturated heterocycles. The van der Waals surface area contributed by atoms with Crippen LogP contribution in [0.1, 0.15) is 0 Å². The zero-order valence-electron chi connectivity index (χ0n) is 8.35. The van der Waals surface area contributed by atoms with Gasteiger partial charge in [-0.3, -0.25) is 0 Å². The zero-order valence-corrected chi connectivity index (χ0v) is 10.7. The maximum atomic E-state index is 9.09. The molecule has 0 spiro atoms. The third-order valence-corrected chi connectivity index (χ3v) is 1.88. The van der Waals surface area contributed by atoms with Crippen molar-refractivity contribution in [1.82, 2.24) is 0 Å². The third-order valence-electron chi connectivity index (χ3n) is 1.88. The third kappa shape index (κ3) is 5.42. The standard InChI is InChI=1S/C12H10.Cl2OS/c1-3-7-11(8-4-1)12-9-5-2-6-10-12;1-4(2)3/h1-10H;. The lowest BCUT2D eigenvalue weighted by Gasteiger charge is -1.98. The summed E-state index contributed by atoms with van der Waals surface area (Å²) in [5, 5.41) is 0. The number of hydrogen-bond donors (Lipinski definition) is 0. The highest BCUT2D eigenvalue weighted by Gasteiger charge is 1.91. The topological polar surface area (TPSA) is 23.1 Å². The first-order valence-electron chi connectivity index (χ1n) is 4.55. The van der Waals surface area contributed by atoms with Crippen molar-refractivity contribution in [3.8, 4) is 11.1 Å². The second-order valence-corrected chi connectivity index (χ2v) is 5.44. The molecule has 0 aliphatic heterocycles. The lowest BCUT2D eigenvalue weighted by atomic mass is 10.1. The predicted molar refractivity (Wildman–Crippen MR) is 71.7 cm³/mol. The Balaban J connectivity index is 0.000000280. The average molecular weight is 273 g/mol. The van der Waals surface area contributed by atoms with E-state index in [2.05, 4.69) is 69.9 Å². The molecule has 0 atom stereocenters. The normalized spacial score (nSPS) is 9.50. The van der Waals surface area contributed by atoms with Gasteiger partial charge in [0.05, 0.1) is 0 Å². The number of halogens is 2. The van der Waals surface area contributed by atoms with Crippen molar-refractivity contribution in [1.29, 1.82) is 0 Å². The fraction of sp³-hybridized carbons (Fsp3) is 0. The van der Waals surface area contributed by atoms with E-state index in [4.69, 9.17) is 4.55 Å². The Bertz CT molecular complexity index is 352. The Morgan fingerprint density at radius 3 is 1.19 bits per heavy atom.